The standard InChI is InChI=1S/C23H18N2O7S/c1-2-29-20(26)12-25-15-10-17-18(31-8-7-30-17)11-19(15)33-23(25)24-21(27)14-9-13-5-3-4-6-16(13)32-22(14)28/h3-6,9-11H,2,7-8,12H2,1H3. The second kappa shape index (κ2) is 8.55. The molecule has 0 saturated carbocycles. The molecule has 1 aliphatic rings. The molecule has 1 amide bonds. The third-order valence-corrected chi connectivity index (χ3v) is 6.05. The molecule has 0 atom stereocenters. The summed E-state index contributed by atoms with van der Waals surface area (Å²) in [4.78, 5) is 42.0. The summed E-state index contributed by atoms with van der Waals surface area (Å²) in [6.45, 7) is 2.61. The molecule has 4 aromatic rings. The van der Waals surface area contributed by atoms with Crippen molar-refractivity contribution in [2.24, 2.45) is 4.99 Å². The monoisotopic (exact) mass is 466 g/mol. The van der Waals surface area contributed by atoms with Crippen LogP contribution in [0.15, 0.2) is 56.7 Å². The van der Waals surface area contributed by atoms with E-state index in [1.165, 1.54) is 17.4 Å². The number of ether oxygens (including phenoxy) is 3. The number of esters is 1. The number of para-hydroxylation sites is 1. The van der Waals surface area contributed by atoms with Crippen LogP contribution in [0.2, 0.25) is 0 Å². The van der Waals surface area contributed by atoms with Gasteiger partial charge in [0.25, 0.3) is 5.91 Å². The Kier molecular flexibility index (Phi) is 5.43. The van der Waals surface area contributed by atoms with Gasteiger partial charge >= 0.3 is 11.6 Å². The van der Waals surface area contributed by atoms with Gasteiger partial charge in [-0.2, -0.15) is 4.99 Å². The van der Waals surface area contributed by atoms with Crippen LogP contribution < -0.4 is 19.9 Å². The summed E-state index contributed by atoms with van der Waals surface area (Å²) >= 11 is 1.19. The van der Waals surface area contributed by atoms with E-state index in [1.54, 1.807) is 47.9 Å². The second-order valence-corrected chi connectivity index (χ2v) is 8.15. The molecule has 5 rings (SSSR count). The van der Waals surface area contributed by atoms with Gasteiger partial charge in [-0.15, -0.1) is 0 Å². The minimum atomic E-state index is -0.780. The van der Waals surface area contributed by atoms with Gasteiger partial charge in [-0.05, 0) is 19.1 Å². The fourth-order valence-electron chi connectivity index (χ4n) is 3.54. The lowest BCUT2D eigenvalue weighted by atomic mass is 10.2. The predicted molar refractivity (Wildman–Crippen MR) is 120 cm³/mol. The van der Waals surface area contributed by atoms with Gasteiger partial charge in [-0.1, -0.05) is 29.5 Å². The Bertz CT molecular complexity index is 1530. The number of thiazole rings is 1. The van der Waals surface area contributed by atoms with E-state index in [0.29, 0.717) is 41.2 Å². The Morgan fingerprint density at radius 2 is 1.88 bits per heavy atom. The highest BCUT2D eigenvalue weighted by molar-refractivity contribution is 7.16. The Morgan fingerprint density at radius 3 is 2.67 bits per heavy atom. The number of fused-ring (bicyclic) bond motifs is 3. The third-order valence-electron chi connectivity index (χ3n) is 5.01. The molecule has 0 N–H and O–H groups in total. The van der Waals surface area contributed by atoms with Crippen molar-refractivity contribution in [2.45, 2.75) is 13.5 Å². The van der Waals surface area contributed by atoms with Crippen LogP contribution in [0.5, 0.6) is 11.5 Å². The molecule has 9 nitrogen and oxygen atoms in total. The van der Waals surface area contributed by atoms with E-state index < -0.39 is 17.5 Å². The van der Waals surface area contributed by atoms with E-state index in [1.807, 2.05) is 0 Å². The predicted octanol–water partition coefficient (Wildman–Crippen LogP) is 2.88. The van der Waals surface area contributed by atoms with Crippen LogP contribution in [0.3, 0.4) is 0 Å². The molecule has 0 radical (unpaired) electrons. The van der Waals surface area contributed by atoms with E-state index in [2.05, 4.69) is 4.99 Å². The van der Waals surface area contributed by atoms with Crippen molar-refractivity contribution < 1.29 is 28.2 Å². The summed E-state index contributed by atoms with van der Waals surface area (Å²) in [5.41, 5.74) is 0.0378. The van der Waals surface area contributed by atoms with Crippen molar-refractivity contribution in [2.75, 3.05) is 19.8 Å². The Morgan fingerprint density at radius 1 is 1.12 bits per heavy atom. The largest absolute Gasteiger partial charge is 0.486 e. The summed E-state index contributed by atoms with van der Waals surface area (Å²) in [5, 5.41) is 0.605. The number of benzene rings is 2. The van der Waals surface area contributed by atoms with Gasteiger partial charge in [0.1, 0.15) is 30.9 Å². The molecule has 2 aromatic carbocycles. The van der Waals surface area contributed by atoms with Gasteiger partial charge in [-0.3, -0.25) is 9.59 Å². The van der Waals surface area contributed by atoms with Crippen LogP contribution in [0.25, 0.3) is 21.2 Å². The molecule has 0 fully saturated rings. The minimum absolute atomic E-state index is 0.161. The zero-order chi connectivity index (χ0) is 22.9. The smallest absolute Gasteiger partial charge is 0.349 e. The average molecular weight is 466 g/mol. The molecule has 10 heteroatoms. The summed E-state index contributed by atoms with van der Waals surface area (Å²) in [7, 11) is 0. The summed E-state index contributed by atoms with van der Waals surface area (Å²) in [6.07, 6.45) is 0. The highest BCUT2D eigenvalue weighted by atomic mass is 32.1. The zero-order valence-electron chi connectivity index (χ0n) is 17.5. The maximum atomic E-state index is 13.0. The van der Waals surface area contributed by atoms with E-state index in [9.17, 15) is 14.4 Å². The number of nitrogens with zero attached hydrogens (tertiary/aromatic N) is 2. The molecule has 0 spiro atoms. The lowest BCUT2D eigenvalue weighted by Crippen LogP contribution is -2.24. The van der Waals surface area contributed by atoms with Gasteiger partial charge in [0.15, 0.2) is 16.3 Å². The van der Waals surface area contributed by atoms with Gasteiger partial charge in [0.2, 0.25) is 0 Å². The van der Waals surface area contributed by atoms with Crippen LogP contribution >= 0.6 is 11.3 Å². The van der Waals surface area contributed by atoms with Gasteiger partial charge in [0, 0.05) is 17.5 Å². The first kappa shape index (κ1) is 21.0. The molecule has 0 aliphatic carbocycles. The lowest BCUT2D eigenvalue weighted by molar-refractivity contribution is -0.143. The number of rotatable bonds is 4. The summed E-state index contributed by atoms with van der Waals surface area (Å²) in [5.74, 6) is -0.134. The number of aromatic nitrogens is 1. The number of carbonyl (C=O) groups excluding carboxylic acids is 2. The van der Waals surface area contributed by atoms with Crippen molar-refractivity contribution in [3.63, 3.8) is 0 Å². The number of carbonyl (C=O) groups is 2. The molecule has 2 aromatic heterocycles. The maximum absolute atomic E-state index is 13.0. The SMILES string of the molecule is CCOC(=O)Cn1c(=NC(=O)c2cc3ccccc3oc2=O)sc2cc3c(cc21)OCCO3. The highest BCUT2D eigenvalue weighted by Gasteiger charge is 2.19. The van der Waals surface area contributed by atoms with Gasteiger partial charge < -0.3 is 23.2 Å². The Balaban J connectivity index is 1.65. The van der Waals surface area contributed by atoms with E-state index in [-0.39, 0.29) is 23.5 Å². The summed E-state index contributed by atoms with van der Waals surface area (Å²) in [6, 6.07) is 11.9. The highest BCUT2D eigenvalue weighted by Crippen LogP contribution is 2.35. The first-order chi connectivity index (χ1) is 16.0. The van der Waals surface area contributed by atoms with Crippen LogP contribution in [0, 0.1) is 0 Å². The van der Waals surface area contributed by atoms with Crippen molar-refractivity contribution in [3.8, 4) is 11.5 Å². The van der Waals surface area contributed by atoms with Gasteiger partial charge in [0.05, 0.1) is 16.8 Å². The topological polar surface area (TPSA) is 109 Å². The fraction of sp³-hybridized carbons (Fsp3) is 0.217. The van der Waals surface area contributed by atoms with Crippen molar-refractivity contribution in [1.82, 2.24) is 4.57 Å². The van der Waals surface area contributed by atoms with Crippen molar-refractivity contribution in [3.05, 3.63) is 63.2 Å². The normalized spacial score (nSPS) is 13.4. The molecule has 168 valence electrons. The van der Waals surface area contributed by atoms with Crippen molar-refractivity contribution >= 4 is 44.4 Å². The zero-order valence-corrected chi connectivity index (χ0v) is 18.3. The molecule has 3 heterocycles. The molecule has 0 saturated heterocycles. The molecular weight excluding hydrogens is 448 g/mol. The molecular formula is C23H18N2O7S. The maximum Gasteiger partial charge on any atom is 0.349 e. The molecule has 0 unspecified atom stereocenters. The van der Waals surface area contributed by atoms with Crippen molar-refractivity contribution in [1.29, 1.82) is 0 Å². The van der Waals surface area contributed by atoms with E-state index in [0.717, 1.165) is 4.70 Å². The number of amides is 1. The summed E-state index contributed by atoms with van der Waals surface area (Å²) < 4.78 is 23.9. The first-order valence-corrected chi connectivity index (χ1v) is 11.1. The van der Waals surface area contributed by atoms with Crippen LogP contribution in [-0.4, -0.2) is 36.3 Å². The number of hydrogen-bond donors (Lipinski definition) is 0. The fourth-order valence-corrected chi connectivity index (χ4v) is 4.58. The van der Waals surface area contributed by atoms with E-state index >= 15 is 0 Å². The lowest BCUT2D eigenvalue weighted by Gasteiger charge is -2.18. The van der Waals surface area contributed by atoms with Crippen LogP contribution in [-0.2, 0) is 16.1 Å². The Labute approximate surface area is 190 Å². The van der Waals surface area contributed by atoms with Gasteiger partial charge in [-0.25, -0.2) is 4.79 Å². The van der Waals surface area contributed by atoms with Crippen LogP contribution in [0.1, 0.15) is 17.3 Å². The van der Waals surface area contributed by atoms with E-state index in [4.69, 9.17) is 18.6 Å². The average Bonchev–Trinajstić information content (AvgIpc) is 3.12. The second-order valence-electron chi connectivity index (χ2n) is 7.14. The Hall–Kier alpha value is -3.92. The molecule has 33 heavy (non-hydrogen) atoms. The number of hydrogen-bond acceptors (Lipinski definition) is 8. The quantitative estimate of drug-likeness (QED) is 0.336. The third kappa shape index (κ3) is 4.00. The van der Waals surface area contributed by atoms with Crippen LogP contribution in [0.4, 0.5) is 0 Å². The minimum Gasteiger partial charge on any atom is -0.486 e. The molecule has 1 aliphatic heterocycles. The molecule has 0 bridgehead atoms. The first-order valence-electron chi connectivity index (χ1n) is 10.2.